The lowest BCUT2D eigenvalue weighted by atomic mass is 9.83. The van der Waals surface area contributed by atoms with E-state index in [0.29, 0.717) is 0 Å². The zero-order valence-corrected chi connectivity index (χ0v) is 23.2. The van der Waals surface area contributed by atoms with Crippen LogP contribution in [0.3, 0.4) is 0 Å². The summed E-state index contributed by atoms with van der Waals surface area (Å²) in [5.74, 6) is 2.97. The van der Waals surface area contributed by atoms with Crippen molar-refractivity contribution in [1.29, 1.82) is 0 Å². The maximum absolute atomic E-state index is 6.05. The summed E-state index contributed by atoms with van der Waals surface area (Å²) in [6.07, 6.45) is 14.1. The summed E-state index contributed by atoms with van der Waals surface area (Å²) in [5.41, 5.74) is 8.08. The van der Waals surface area contributed by atoms with Crippen molar-refractivity contribution in [3.63, 3.8) is 0 Å². The Bertz CT molecular complexity index is 1590. The van der Waals surface area contributed by atoms with Gasteiger partial charge in [-0.25, -0.2) is 0 Å². The van der Waals surface area contributed by atoms with Gasteiger partial charge in [0.2, 0.25) is 0 Å². The van der Waals surface area contributed by atoms with Gasteiger partial charge in [0.1, 0.15) is 0 Å². The summed E-state index contributed by atoms with van der Waals surface area (Å²) in [6, 6.07) is 11.0. The SMILES string of the molecule is C#Cc1cc2c(c(CC(C)(C)C)c1/C=C\C)Sc1cc3nc(CC(C)(C)C)ccc3c3ccnc-2c13. The van der Waals surface area contributed by atoms with E-state index in [4.69, 9.17) is 16.4 Å². The van der Waals surface area contributed by atoms with Crippen molar-refractivity contribution in [2.24, 2.45) is 10.8 Å². The molecule has 0 spiro atoms. The van der Waals surface area contributed by atoms with Gasteiger partial charge in [0, 0.05) is 43.6 Å². The fraction of sp³-hybridized carbons (Fsp3) is 0.333. The summed E-state index contributed by atoms with van der Waals surface area (Å²) in [5, 5.41) is 3.59. The van der Waals surface area contributed by atoms with Gasteiger partial charge in [-0.05, 0) is 71.4 Å². The Hall–Kier alpha value is -3.09. The lowest BCUT2D eigenvalue weighted by Gasteiger charge is -2.28. The number of terminal acetylenes is 1. The maximum Gasteiger partial charge on any atom is 0.0803 e. The Kier molecular flexibility index (Phi) is 6.00. The number of hydrogen-bond acceptors (Lipinski definition) is 3. The Morgan fingerprint density at radius 3 is 2.39 bits per heavy atom. The maximum atomic E-state index is 6.05. The topological polar surface area (TPSA) is 25.8 Å². The van der Waals surface area contributed by atoms with Crippen LogP contribution in [0.5, 0.6) is 0 Å². The van der Waals surface area contributed by atoms with E-state index < -0.39 is 0 Å². The van der Waals surface area contributed by atoms with E-state index in [1.54, 1.807) is 0 Å². The molecule has 0 atom stereocenters. The minimum absolute atomic E-state index is 0.115. The van der Waals surface area contributed by atoms with Crippen LogP contribution in [-0.4, -0.2) is 9.97 Å². The first-order valence-corrected chi connectivity index (χ1v) is 13.5. The number of allylic oxidation sites excluding steroid dienone is 1. The van der Waals surface area contributed by atoms with Crippen molar-refractivity contribution in [3.8, 4) is 23.6 Å². The first-order chi connectivity index (χ1) is 17.0. The van der Waals surface area contributed by atoms with Crippen LogP contribution in [0.25, 0.3) is 39.0 Å². The highest BCUT2D eigenvalue weighted by Gasteiger charge is 2.28. The third kappa shape index (κ3) is 4.44. The Morgan fingerprint density at radius 1 is 0.972 bits per heavy atom. The standard InChI is InChI=1S/C33H34N2S/c1-9-11-22-20(10-2)16-25-30-29-24(14-15-34-30)23-13-12-21(18-32(3,4)5)35-27(23)17-28(29)36-31(25)26(22)19-33(6,7)8/h2,9,11-17H,18-19H2,1,3-8H3/b11-9-. The van der Waals surface area contributed by atoms with Gasteiger partial charge >= 0.3 is 0 Å². The number of nitrogens with zero attached hydrogens (tertiary/aromatic N) is 2. The first-order valence-electron chi connectivity index (χ1n) is 12.7. The van der Waals surface area contributed by atoms with Crippen molar-refractivity contribution in [2.75, 3.05) is 0 Å². The molecule has 0 fully saturated rings. The fourth-order valence-electron chi connectivity index (χ4n) is 5.23. The van der Waals surface area contributed by atoms with Crippen LogP contribution in [0.2, 0.25) is 0 Å². The van der Waals surface area contributed by atoms with E-state index in [-0.39, 0.29) is 10.8 Å². The predicted molar refractivity (Wildman–Crippen MR) is 156 cm³/mol. The van der Waals surface area contributed by atoms with Gasteiger partial charge in [0.05, 0.1) is 11.2 Å². The van der Waals surface area contributed by atoms with Gasteiger partial charge in [0.15, 0.2) is 0 Å². The van der Waals surface area contributed by atoms with Crippen molar-refractivity contribution in [3.05, 3.63) is 65.0 Å². The molecule has 0 aliphatic carbocycles. The molecular formula is C33H34N2S. The van der Waals surface area contributed by atoms with E-state index in [1.165, 1.54) is 31.5 Å². The molecule has 3 heteroatoms. The third-order valence-electron chi connectivity index (χ3n) is 6.53. The molecule has 3 heterocycles. The lowest BCUT2D eigenvalue weighted by molar-refractivity contribution is 0.407. The average Bonchev–Trinajstić information content (AvgIpc) is 2.79. The largest absolute Gasteiger partial charge is 0.256 e. The monoisotopic (exact) mass is 490 g/mol. The van der Waals surface area contributed by atoms with Crippen LogP contribution in [0.1, 0.15) is 70.9 Å². The second-order valence-corrected chi connectivity index (χ2v) is 13.3. The van der Waals surface area contributed by atoms with E-state index in [9.17, 15) is 0 Å². The van der Waals surface area contributed by atoms with Crippen LogP contribution >= 0.6 is 11.8 Å². The average molecular weight is 491 g/mol. The first kappa shape index (κ1) is 24.6. The molecule has 0 unspecified atom stereocenters. The van der Waals surface area contributed by atoms with Gasteiger partial charge in [-0.1, -0.05) is 77.4 Å². The Balaban J connectivity index is 1.82. The molecular weight excluding hydrogens is 456 g/mol. The lowest BCUT2D eigenvalue weighted by Crippen LogP contribution is -2.13. The van der Waals surface area contributed by atoms with E-state index >= 15 is 0 Å². The van der Waals surface area contributed by atoms with Crippen molar-refractivity contribution in [1.82, 2.24) is 9.97 Å². The summed E-state index contributed by atoms with van der Waals surface area (Å²) in [4.78, 5) is 12.5. The molecule has 0 radical (unpaired) electrons. The van der Waals surface area contributed by atoms with Gasteiger partial charge in [0.25, 0.3) is 0 Å². The molecule has 0 saturated heterocycles. The van der Waals surface area contributed by atoms with Crippen molar-refractivity contribution < 1.29 is 0 Å². The zero-order valence-electron chi connectivity index (χ0n) is 22.4. The molecule has 182 valence electrons. The van der Waals surface area contributed by atoms with Crippen LogP contribution in [0, 0.1) is 23.2 Å². The Labute approximate surface area is 219 Å². The molecule has 0 saturated carbocycles. The molecule has 2 aromatic heterocycles. The van der Waals surface area contributed by atoms with Gasteiger partial charge in [-0.15, -0.1) is 6.42 Å². The molecule has 0 amide bonds. The normalized spacial score (nSPS) is 13.4. The van der Waals surface area contributed by atoms with Crippen molar-refractivity contribution >= 4 is 39.5 Å². The quantitative estimate of drug-likeness (QED) is 0.186. The van der Waals surface area contributed by atoms with Gasteiger partial charge in [-0.2, -0.15) is 0 Å². The number of aromatic nitrogens is 2. The highest BCUT2D eigenvalue weighted by Crippen LogP contribution is 2.52. The molecule has 1 aliphatic rings. The summed E-state index contributed by atoms with van der Waals surface area (Å²) in [6.45, 7) is 15.7. The molecule has 1 aliphatic heterocycles. The highest BCUT2D eigenvalue weighted by atomic mass is 32.2. The molecule has 0 N–H and O–H groups in total. The second-order valence-electron chi connectivity index (χ2n) is 12.2. The second kappa shape index (κ2) is 8.79. The minimum atomic E-state index is 0.115. The van der Waals surface area contributed by atoms with Gasteiger partial charge < -0.3 is 0 Å². The molecule has 4 aromatic rings. The number of benzene rings is 2. The van der Waals surface area contributed by atoms with Gasteiger partial charge in [-0.3, -0.25) is 9.97 Å². The highest BCUT2D eigenvalue weighted by molar-refractivity contribution is 7.99. The van der Waals surface area contributed by atoms with E-state index in [2.05, 4.69) is 96.9 Å². The summed E-state index contributed by atoms with van der Waals surface area (Å²) in [7, 11) is 0. The van der Waals surface area contributed by atoms with Crippen LogP contribution in [-0.2, 0) is 12.8 Å². The number of hydrogen-bond donors (Lipinski definition) is 0. The number of fused-ring (bicyclic) bond motifs is 4. The molecule has 36 heavy (non-hydrogen) atoms. The molecule has 5 rings (SSSR count). The zero-order chi connectivity index (χ0) is 25.8. The minimum Gasteiger partial charge on any atom is -0.256 e. The fourth-order valence-corrected chi connectivity index (χ4v) is 6.50. The van der Waals surface area contributed by atoms with Crippen molar-refractivity contribution in [2.45, 2.75) is 71.1 Å². The van der Waals surface area contributed by atoms with Crippen LogP contribution in [0.15, 0.2) is 52.4 Å². The molecule has 2 aromatic carbocycles. The van der Waals surface area contributed by atoms with E-state index in [1.807, 2.05) is 18.0 Å². The molecule has 0 bridgehead atoms. The van der Waals surface area contributed by atoms with Crippen LogP contribution < -0.4 is 0 Å². The Morgan fingerprint density at radius 2 is 1.72 bits per heavy atom. The summed E-state index contributed by atoms with van der Waals surface area (Å²) < 4.78 is 0. The van der Waals surface area contributed by atoms with Crippen LogP contribution in [0.4, 0.5) is 0 Å². The molecule has 2 nitrogen and oxygen atoms in total. The third-order valence-corrected chi connectivity index (χ3v) is 7.75. The van der Waals surface area contributed by atoms with E-state index in [0.717, 1.165) is 46.4 Å². The smallest absolute Gasteiger partial charge is 0.0803 e. The summed E-state index contributed by atoms with van der Waals surface area (Å²) >= 11 is 1.85. The number of rotatable bonds is 3. The predicted octanol–water partition coefficient (Wildman–Crippen LogP) is 9.11. The number of pyridine rings is 2.